The molecule has 1 aliphatic carbocycles. The van der Waals surface area contributed by atoms with E-state index in [2.05, 4.69) is 27.4 Å². The summed E-state index contributed by atoms with van der Waals surface area (Å²) < 4.78 is 20.1. The fourth-order valence-electron chi connectivity index (χ4n) is 4.85. The molecule has 2 bridgehead atoms. The number of aryl methyl sites for hydroxylation is 2. The lowest BCUT2D eigenvalue weighted by Gasteiger charge is -2.61. The Morgan fingerprint density at radius 3 is 2.90 bits per heavy atom. The highest BCUT2D eigenvalue weighted by Gasteiger charge is 2.62. The van der Waals surface area contributed by atoms with Crippen LogP contribution < -0.4 is 16.8 Å². The third-order valence-corrected chi connectivity index (χ3v) is 6.04. The number of piperidine rings is 1. The predicted molar refractivity (Wildman–Crippen MR) is 116 cm³/mol. The van der Waals surface area contributed by atoms with Crippen molar-refractivity contribution in [2.45, 2.75) is 51.6 Å². The van der Waals surface area contributed by atoms with Crippen molar-refractivity contribution in [2.75, 3.05) is 5.32 Å². The van der Waals surface area contributed by atoms with Gasteiger partial charge in [-0.2, -0.15) is 4.98 Å². The Labute approximate surface area is 180 Å². The minimum Gasteiger partial charge on any atom is -0.403 e. The van der Waals surface area contributed by atoms with E-state index in [1.165, 1.54) is 24.5 Å². The van der Waals surface area contributed by atoms with Gasteiger partial charge in [0.05, 0.1) is 5.69 Å². The summed E-state index contributed by atoms with van der Waals surface area (Å²) in [5, 5.41) is 6.60. The molecule has 2 aromatic rings. The number of nitrogens with zero attached hydrogens (tertiary/aromatic N) is 4. The molecular weight excluding hydrogens is 401 g/mol. The molecule has 5 N–H and O–H groups in total. The highest BCUT2D eigenvalue weighted by Crippen LogP contribution is 2.55. The Bertz CT molecular complexity index is 1090. The molecular formula is C21H28FN7O2. The Balaban J connectivity index is 0.00000289. The van der Waals surface area contributed by atoms with Crippen LogP contribution in [0.3, 0.4) is 0 Å². The molecule has 0 radical (unpaired) electrons. The van der Waals surface area contributed by atoms with E-state index in [1.807, 2.05) is 0 Å². The molecule has 9 nitrogen and oxygen atoms in total. The fourth-order valence-corrected chi connectivity index (χ4v) is 4.85. The SMILES string of the molecule is Cc1noc(C23CC(C[C@@H](C)C2)N3C(=O)Nc2cc(C(N)=N/C=C\N)c(C)cc2F)n1.[HH]. The second-order valence-corrected chi connectivity index (χ2v) is 8.38. The molecule has 1 saturated heterocycles. The molecule has 10 heteroatoms. The second-order valence-electron chi connectivity index (χ2n) is 8.38. The van der Waals surface area contributed by atoms with Crippen molar-refractivity contribution in [3.63, 3.8) is 0 Å². The summed E-state index contributed by atoms with van der Waals surface area (Å²) in [5.41, 5.74) is 11.8. The molecule has 2 fully saturated rings. The molecule has 2 heterocycles. The van der Waals surface area contributed by atoms with Crippen molar-refractivity contribution in [1.29, 1.82) is 0 Å². The molecule has 166 valence electrons. The number of halogens is 1. The number of fused-ring (bicyclic) bond motifs is 2. The van der Waals surface area contributed by atoms with E-state index in [4.69, 9.17) is 16.0 Å². The van der Waals surface area contributed by atoms with Gasteiger partial charge in [-0.25, -0.2) is 14.2 Å². The van der Waals surface area contributed by atoms with E-state index in [-0.39, 0.29) is 19.0 Å². The molecule has 2 amide bonds. The van der Waals surface area contributed by atoms with Gasteiger partial charge in [-0.15, -0.1) is 0 Å². The largest absolute Gasteiger partial charge is 0.403 e. The quantitative estimate of drug-likeness (QED) is 0.505. The van der Waals surface area contributed by atoms with Gasteiger partial charge in [0.15, 0.2) is 5.82 Å². The number of benzene rings is 1. The summed E-state index contributed by atoms with van der Waals surface area (Å²) >= 11 is 0. The fraction of sp³-hybridized carbons (Fsp3) is 0.429. The molecule has 1 saturated carbocycles. The zero-order valence-electron chi connectivity index (χ0n) is 17.7. The van der Waals surface area contributed by atoms with Crippen molar-refractivity contribution < 1.29 is 15.1 Å². The van der Waals surface area contributed by atoms with Gasteiger partial charge in [-0.3, -0.25) is 0 Å². The number of hydrogen-bond acceptors (Lipinski definition) is 6. The van der Waals surface area contributed by atoms with Gasteiger partial charge in [0, 0.05) is 31.9 Å². The monoisotopic (exact) mass is 429 g/mol. The lowest BCUT2D eigenvalue weighted by atomic mass is 9.64. The third kappa shape index (κ3) is 3.51. The van der Waals surface area contributed by atoms with Gasteiger partial charge >= 0.3 is 6.03 Å². The van der Waals surface area contributed by atoms with Crippen molar-refractivity contribution in [3.8, 4) is 0 Å². The highest BCUT2D eigenvalue weighted by molar-refractivity contribution is 6.01. The maximum atomic E-state index is 14.7. The Morgan fingerprint density at radius 1 is 1.45 bits per heavy atom. The molecule has 1 aromatic heterocycles. The number of rotatable bonds is 4. The van der Waals surface area contributed by atoms with Crippen LogP contribution in [0.2, 0.25) is 0 Å². The maximum Gasteiger partial charge on any atom is 0.323 e. The van der Waals surface area contributed by atoms with Crippen molar-refractivity contribution in [2.24, 2.45) is 22.4 Å². The van der Waals surface area contributed by atoms with Crippen LogP contribution in [0.15, 0.2) is 34.0 Å². The van der Waals surface area contributed by atoms with Crippen molar-refractivity contribution in [1.82, 2.24) is 15.0 Å². The summed E-state index contributed by atoms with van der Waals surface area (Å²) in [6.45, 7) is 5.60. The highest BCUT2D eigenvalue weighted by atomic mass is 19.1. The molecule has 4 rings (SSSR count). The number of nitrogens with two attached hydrogens (primary N) is 2. The van der Waals surface area contributed by atoms with Crippen LogP contribution in [0.25, 0.3) is 0 Å². The lowest BCUT2D eigenvalue weighted by Crippen LogP contribution is -2.70. The first-order valence-corrected chi connectivity index (χ1v) is 10.2. The zero-order chi connectivity index (χ0) is 22.3. The summed E-state index contributed by atoms with van der Waals surface area (Å²) in [4.78, 5) is 23.4. The first-order valence-electron chi connectivity index (χ1n) is 10.2. The van der Waals surface area contributed by atoms with E-state index >= 15 is 0 Å². The number of aliphatic imine (C=N–C) groups is 1. The molecule has 2 unspecified atom stereocenters. The Hall–Kier alpha value is -3.43. The number of amidine groups is 1. The Morgan fingerprint density at radius 2 is 2.23 bits per heavy atom. The summed E-state index contributed by atoms with van der Waals surface area (Å²) in [7, 11) is 0. The van der Waals surface area contributed by atoms with E-state index in [9.17, 15) is 9.18 Å². The molecule has 2 aliphatic rings. The summed E-state index contributed by atoms with van der Waals surface area (Å²) in [6.07, 6.45) is 4.92. The van der Waals surface area contributed by atoms with Crippen LogP contribution in [0.4, 0.5) is 14.9 Å². The van der Waals surface area contributed by atoms with E-state index in [0.717, 1.165) is 12.8 Å². The third-order valence-electron chi connectivity index (χ3n) is 6.04. The molecule has 1 aliphatic heterocycles. The number of hydrogen-bond donors (Lipinski definition) is 3. The first-order chi connectivity index (χ1) is 14.7. The number of likely N-dealkylation sites (tertiary alicyclic amines) is 1. The molecule has 1 aromatic carbocycles. The summed E-state index contributed by atoms with van der Waals surface area (Å²) in [5.74, 6) is 0.963. The standard InChI is InChI=1S/C21H26FN7O2.H2/c1-11-6-14-10-21(9-11,19-26-13(3)28-31-19)29(14)20(30)27-17-8-15(12(2)7-16(17)22)18(24)25-5-4-23;/h4-5,7-8,11,14H,6,9-10,23H2,1-3H3,(H2,24,25)(H,27,30);1H/b5-4-;/t11-,14?,21?;/m1./s1. The molecule has 3 atom stereocenters. The van der Waals surface area contributed by atoms with Crippen molar-refractivity contribution >= 4 is 17.6 Å². The Kier molecular flexibility index (Phi) is 5.16. The number of carbonyl (C=O) groups is 1. The van der Waals surface area contributed by atoms with Crippen LogP contribution in [0.1, 0.15) is 50.5 Å². The van der Waals surface area contributed by atoms with Crippen LogP contribution in [0, 0.1) is 25.6 Å². The molecule has 0 spiro atoms. The number of anilines is 1. The van der Waals surface area contributed by atoms with Crippen LogP contribution in [-0.2, 0) is 5.54 Å². The number of nitrogens with one attached hydrogen (secondary N) is 1. The van der Waals surface area contributed by atoms with Crippen LogP contribution in [-0.4, -0.2) is 32.9 Å². The molecule has 31 heavy (non-hydrogen) atoms. The van der Waals surface area contributed by atoms with Crippen LogP contribution >= 0.6 is 0 Å². The number of amides is 2. The van der Waals surface area contributed by atoms with Crippen LogP contribution in [0.5, 0.6) is 0 Å². The first kappa shape index (κ1) is 20.8. The number of urea groups is 1. The normalized spacial score (nSPS) is 25.5. The second kappa shape index (κ2) is 7.68. The van der Waals surface area contributed by atoms with Crippen molar-refractivity contribution in [3.05, 3.63) is 53.2 Å². The maximum absolute atomic E-state index is 14.7. The average molecular weight is 430 g/mol. The minimum atomic E-state index is -0.663. The van der Waals surface area contributed by atoms with Gasteiger partial charge in [0.2, 0.25) is 0 Å². The minimum absolute atomic E-state index is 0. The van der Waals surface area contributed by atoms with Gasteiger partial charge in [-0.1, -0.05) is 12.1 Å². The smallest absolute Gasteiger partial charge is 0.323 e. The average Bonchev–Trinajstić information content (AvgIpc) is 3.14. The number of carbonyl (C=O) groups excluding carboxylic acids is 1. The van der Waals surface area contributed by atoms with Gasteiger partial charge < -0.3 is 26.2 Å². The lowest BCUT2D eigenvalue weighted by molar-refractivity contribution is -0.112. The van der Waals surface area contributed by atoms with E-state index < -0.39 is 17.4 Å². The van der Waals surface area contributed by atoms with Gasteiger partial charge in [0.25, 0.3) is 5.89 Å². The topological polar surface area (TPSA) is 136 Å². The van der Waals surface area contributed by atoms with Gasteiger partial charge in [0.1, 0.15) is 17.2 Å². The van der Waals surface area contributed by atoms with Gasteiger partial charge in [-0.05, 0) is 50.3 Å². The zero-order valence-corrected chi connectivity index (χ0v) is 17.7. The summed E-state index contributed by atoms with van der Waals surface area (Å²) in [6, 6.07) is 2.42. The van der Waals surface area contributed by atoms with E-state index in [0.29, 0.717) is 35.2 Å². The van der Waals surface area contributed by atoms with E-state index in [1.54, 1.807) is 18.7 Å². The number of aromatic nitrogens is 2. The predicted octanol–water partition coefficient (Wildman–Crippen LogP) is 3.14.